The highest BCUT2D eigenvalue weighted by molar-refractivity contribution is 5.94. The maximum atomic E-state index is 8.99. The van der Waals surface area contributed by atoms with Crippen molar-refractivity contribution in [3.8, 4) is 0 Å². The van der Waals surface area contributed by atoms with Gasteiger partial charge in [-0.3, -0.25) is 0 Å². The van der Waals surface area contributed by atoms with Crippen LogP contribution in [-0.4, -0.2) is 28.6 Å². The highest BCUT2D eigenvalue weighted by atomic mass is 16.6. The van der Waals surface area contributed by atoms with Crippen LogP contribution in [0.5, 0.6) is 0 Å². The molecular formula is C12H18N4O2. The molecule has 0 aliphatic rings. The number of aromatic nitrogens is 2. The molecule has 0 amide bonds. The van der Waals surface area contributed by atoms with Gasteiger partial charge in [-0.25, -0.2) is 4.63 Å². The van der Waals surface area contributed by atoms with E-state index in [2.05, 4.69) is 29.5 Å². The van der Waals surface area contributed by atoms with Crippen LogP contribution in [0.3, 0.4) is 0 Å². The van der Waals surface area contributed by atoms with E-state index in [9.17, 15) is 0 Å². The molecular weight excluding hydrogens is 232 g/mol. The molecule has 0 saturated heterocycles. The van der Waals surface area contributed by atoms with Gasteiger partial charge in [0.1, 0.15) is 0 Å². The Morgan fingerprint density at radius 3 is 2.78 bits per heavy atom. The molecule has 18 heavy (non-hydrogen) atoms. The summed E-state index contributed by atoms with van der Waals surface area (Å²) in [5.41, 5.74) is 8.37. The van der Waals surface area contributed by atoms with E-state index in [1.807, 2.05) is 6.07 Å². The van der Waals surface area contributed by atoms with Crippen LogP contribution in [0.4, 0.5) is 11.4 Å². The van der Waals surface area contributed by atoms with E-state index in [1.54, 1.807) is 6.07 Å². The molecule has 2 rings (SSSR count). The Morgan fingerprint density at radius 2 is 2.06 bits per heavy atom. The van der Waals surface area contributed by atoms with Gasteiger partial charge in [-0.15, -0.1) is 0 Å². The minimum Gasteiger partial charge on any atom is -0.397 e. The van der Waals surface area contributed by atoms with Crippen molar-refractivity contribution in [1.82, 2.24) is 10.3 Å². The molecule has 1 heterocycles. The number of nitrogens with two attached hydrogens (primary N) is 1. The maximum absolute atomic E-state index is 8.99. The number of anilines is 2. The summed E-state index contributed by atoms with van der Waals surface area (Å²) in [5.74, 6) is 0. The fraction of sp³-hybridized carbons (Fsp3) is 0.500. The summed E-state index contributed by atoms with van der Waals surface area (Å²) in [6.07, 6.45) is 0.731. The van der Waals surface area contributed by atoms with Gasteiger partial charge in [-0.2, -0.15) is 0 Å². The number of nitrogen functional groups attached to an aromatic ring is 1. The molecule has 1 aromatic carbocycles. The third-order valence-electron chi connectivity index (χ3n) is 2.99. The molecule has 1 aromatic heterocycles. The van der Waals surface area contributed by atoms with Crippen molar-refractivity contribution in [2.75, 3.05) is 24.2 Å². The van der Waals surface area contributed by atoms with Gasteiger partial charge >= 0.3 is 0 Å². The number of hydrogen-bond acceptors (Lipinski definition) is 6. The van der Waals surface area contributed by atoms with Crippen LogP contribution in [0.1, 0.15) is 20.3 Å². The first-order chi connectivity index (χ1) is 8.53. The van der Waals surface area contributed by atoms with Crippen LogP contribution in [0.25, 0.3) is 11.0 Å². The van der Waals surface area contributed by atoms with Crippen molar-refractivity contribution >= 4 is 22.4 Å². The van der Waals surface area contributed by atoms with Gasteiger partial charge in [-0.05, 0) is 34.3 Å². The Balaban J connectivity index is 2.17. The van der Waals surface area contributed by atoms with Gasteiger partial charge in [0.05, 0.1) is 11.4 Å². The molecule has 0 bridgehead atoms. The van der Waals surface area contributed by atoms with Crippen molar-refractivity contribution in [2.45, 2.75) is 20.3 Å². The van der Waals surface area contributed by atoms with E-state index >= 15 is 0 Å². The predicted octanol–water partition coefficient (Wildman–Crippen LogP) is 1.63. The van der Waals surface area contributed by atoms with Crippen LogP contribution in [-0.2, 0) is 0 Å². The van der Waals surface area contributed by atoms with Crippen molar-refractivity contribution < 1.29 is 9.74 Å². The quantitative estimate of drug-likeness (QED) is 0.698. The number of hydrogen-bond donors (Lipinski definition) is 3. The third-order valence-corrected chi connectivity index (χ3v) is 2.99. The molecule has 6 nitrogen and oxygen atoms in total. The smallest absolute Gasteiger partial charge is 0.160 e. The minimum absolute atomic E-state index is 0.000373. The van der Waals surface area contributed by atoms with Crippen molar-refractivity contribution in [2.24, 2.45) is 5.41 Å². The van der Waals surface area contributed by atoms with E-state index in [-0.39, 0.29) is 12.0 Å². The first kappa shape index (κ1) is 12.6. The van der Waals surface area contributed by atoms with E-state index in [0.717, 1.165) is 18.7 Å². The van der Waals surface area contributed by atoms with Gasteiger partial charge in [0.15, 0.2) is 11.0 Å². The molecule has 2 aromatic rings. The highest BCUT2D eigenvalue weighted by Crippen LogP contribution is 2.27. The first-order valence-corrected chi connectivity index (χ1v) is 5.89. The van der Waals surface area contributed by atoms with Gasteiger partial charge < -0.3 is 16.2 Å². The fourth-order valence-corrected chi connectivity index (χ4v) is 1.75. The second kappa shape index (κ2) is 4.81. The summed E-state index contributed by atoms with van der Waals surface area (Å²) in [7, 11) is 0. The van der Waals surface area contributed by atoms with E-state index in [4.69, 9.17) is 15.5 Å². The van der Waals surface area contributed by atoms with Crippen LogP contribution in [0.2, 0.25) is 0 Å². The lowest BCUT2D eigenvalue weighted by molar-refractivity contribution is 0.220. The molecule has 0 aliphatic carbocycles. The zero-order valence-electron chi connectivity index (χ0n) is 10.6. The molecule has 0 fully saturated rings. The molecule has 98 valence electrons. The Bertz CT molecular complexity index is 536. The second-order valence-electron chi connectivity index (χ2n) is 5.16. The van der Waals surface area contributed by atoms with Gasteiger partial charge in [-0.1, -0.05) is 13.8 Å². The molecule has 6 heteroatoms. The zero-order chi connectivity index (χ0) is 13.2. The molecule has 0 unspecified atom stereocenters. The van der Waals surface area contributed by atoms with Gasteiger partial charge in [0, 0.05) is 13.2 Å². The molecule has 0 spiro atoms. The normalized spacial score (nSPS) is 11.9. The number of aliphatic hydroxyl groups excluding tert-OH is 1. The average molecular weight is 250 g/mol. The number of nitrogens with one attached hydrogen (secondary N) is 1. The monoisotopic (exact) mass is 250 g/mol. The van der Waals surface area contributed by atoms with Crippen LogP contribution in [0.15, 0.2) is 16.8 Å². The van der Waals surface area contributed by atoms with Crippen LogP contribution >= 0.6 is 0 Å². The highest BCUT2D eigenvalue weighted by Gasteiger charge is 2.18. The number of aliphatic hydroxyl groups is 1. The Hall–Kier alpha value is -1.82. The third kappa shape index (κ3) is 2.53. The lowest BCUT2D eigenvalue weighted by atomic mass is 9.89. The average Bonchev–Trinajstić information content (AvgIpc) is 2.78. The van der Waals surface area contributed by atoms with Crippen LogP contribution < -0.4 is 11.1 Å². The summed E-state index contributed by atoms with van der Waals surface area (Å²) >= 11 is 0. The van der Waals surface area contributed by atoms with E-state index in [0.29, 0.717) is 16.7 Å². The van der Waals surface area contributed by atoms with Crippen LogP contribution in [0, 0.1) is 5.41 Å². The number of nitrogens with zero attached hydrogens (tertiary/aromatic N) is 2. The number of rotatable bonds is 5. The van der Waals surface area contributed by atoms with Crippen molar-refractivity contribution in [3.63, 3.8) is 0 Å². The second-order valence-corrected chi connectivity index (χ2v) is 5.16. The lowest BCUT2D eigenvalue weighted by Crippen LogP contribution is -2.24. The standard InChI is InChI=1S/C12H18N4O2/c1-12(2,5-6-17)7-14-9-4-3-8(13)10-11(9)16-18-15-10/h3-4,14,17H,5-7,13H2,1-2H3. The summed E-state index contributed by atoms with van der Waals surface area (Å²) in [4.78, 5) is 0. The summed E-state index contributed by atoms with van der Waals surface area (Å²) in [5, 5.41) is 19.9. The molecule has 0 atom stereocenters. The Labute approximate surface area is 105 Å². The van der Waals surface area contributed by atoms with Gasteiger partial charge in [0.25, 0.3) is 0 Å². The number of benzene rings is 1. The molecule has 0 radical (unpaired) electrons. The topological polar surface area (TPSA) is 97.2 Å². The van der Waals surface area contributed by atoms with E-state index < -0.39 is 0 Å². The van der Waals surface area contributed by atoms with E-state index in [1.165, 1.54) is 0 Å². The number of fused-ring (bicyclic) bond motifs is 1. The maximum Gasteiger partial charge on any atom is 0.160 e. The largest absolute Gasteiger partial charge is 0.397 e. The van der Waals surface area contributed by atoms with Crippen molar-refractivity contribution in [1.29, 1.82) is 0 Å². The summed E-state index contributed by atoms with van der Waals surface area (Å²) in [6.45, 7) is 5.08. The Kier molecular flexibility index (Phi) is 3.38. The molecule has 0 aliphatic heterocycles. The molecule has 4 N–H and O–H groups in total. The van der Waals surface area contributed by atoms with Gasteiger partial charge in [0.2, 0.25) is 0 Å². The minimum atomic E-state index is -0.000373. The summed E-state index contributed by atoms with van der Waals surface area (Å²) in [6, 6.07) is 3.63. The van der Waals surface area contributed by atoms with Crippen molar-refractivity contribution in [3.05, 3.63) is 12.1 Å². The zero-order valence-corrected chi connectivity index (χ0v) is 10.6. The lowest BCUT2D eigenvalue weighted by Gasteiger charge is -2.24. The molecule has 0 saturated carbocycles. The Morgan fingerprint density at radius 1 is 1.33 bits per heavy atom. The SMILES string of the molecule is CC(C)(CCO)CNc1ccc(N)c2nonc12. The first-order valence-electron chi connectivity index (χ1n) is 5.89. The summed E-state index contributed by atoms with van der Waals surface area (Å²) < 4.78 is 4.71. The fourth-order valence-electron chi connectivity index (χ4n) is 1.75. The predicted molar refractivity (Wildman–Crippen MR) is 70.2 cm³/mol.